The summed E-state index contributed by atoms with van der Waals surface area (Å²) in [5.74, 6) is 0. The van der Waals surface area contributed by atoms with Gasteiger partial charge in [-0.1, -0.05) is 0 Å². The third-order valence-corrected chi connectivity index (χ3v) is 2.92. The Morgan fingerprint density at radius 3 is 2.10 bits per heavy atom. The highest BCUT2D eigenvalue weighted by Gasteiger charge is 2.15. The van der Waals surface area contributed by atoms with Gasteiger partial charge in [0.25, 0.3) is 0 Å². The lowest BCUT2D eigenvalue weighted by Crippen LogP contribution is -2.44. The summed E-state index contributed by atoms with van der Waals surface area (Å²) >= 11 is 0. The second-order valence-corrected chi connectivity index (χ2v) is 4.02. The lowest BCUT2D eigenvalue weighted by Gasteiger charge is -2.30. The Bertz CT molecular complexity index is 132. The molecule has 0 bridgehead atoms. The van der Waals surface area contributed by atoms with E-state index in [1.165, 1.54) is 0 Å². The quantitative estimate of drug-likeness (QED) is 0.520. The summed E-state index contributed by atoms with van der Waals surface area (Å²) < 4.78 is 12.9. The summed E-state index contributed by atoms with van der Waals surface area (Å²) in [4.78, 5) is 2.25. The summed E-state index contributed by atoms with van der Waals surface area (Å²) in [7, 11) is 1.33. The predicted molar refractivity (Wildman–Crippen MR) is 43.1 cm³/mol. The normalized spacial score (nSPS) is 26.6. The number of piperazine rings is 1. The molecule has 0 aromatic rings. The number of hydrogen-bond donors (Lipinski definition) is 0. The van der Waals surface area contributed by atoms with Crippen molar-refractivity contribution in [3.63, 3.8) is 0 Å². The molecule has 1 aliphatic rings. The van der Waals surface area contributed by atoms with E-state index in [0.29, 0.717) is 0 Å². The fraction of sp³-hybridized carbons (Fsp3) is 1.00. The summed E-state index contributed by atoms with van der Waals surface area (Å²) in [6, 6.07) is 0. The van der Waals surface area contributed by atoms with Crippen LogP contribution in [0.25, 0.3) is 0 Å². The van der Waals surface area contributed by atoms with Crippen molar-refractivity contribution in [3.05, 3.63) is 0 Å². The van der Waals surface area contributed by atoms with Gasteiger partial charge in [0.15, 0.2) is 0 Å². The van der Waals surface area contributed by atoms with Crippen LogP contribution in [-0.2, 0) is 11.0 Å². The van der Waals surface area contributed by atoms with Crippen LogP contribution < -0.4 is 0 Å². The fourth-order valence-electron chi connectivity index (χ4n) is 1.05. The van der Waals surface area contributed by atoms with E-state index < -0.39 is 11.0 Å². The van der Waals surface area contributed by atoms with Gasteiger partial charge in [0, 0.05) is 32.4 Å². The minimum absolute atomic E-state index is 0.760. The molecular weight excluding hydrogens is 148 g/mol. The average Bonchev–Trinajstić information content (AvgIpc) is 1.88. The minimum atomic E-state index is -0.760. The first-order chi connectivity index (χ1) is 4.70. The molecule has 1 saturated heterocycles. The van der Waals surface area contributed by atoms with Crippen LogP contribution in [0, 0.1) is 0 Å². The van der Waals surface area contributed by atoms with Crippen LogP contribution in [0.4, 0.5) is 0 Å². The zero-order valence-electron chi connectivity index (χ0n) is 6.54. The molecule has 1 rings (SSSR count). The maximum Gasteiger partial charge on any atom is 0.0911 e. The van der Waals surface area contributed by atoms with E-state index in [-0.39, 0.29) is 0 Å². The van der Waals surface area contributed by atoms with E-state index in [1.807, 2.05) is 4.31 Å². The van der Waals surface area contributed by atoms with E-state index >= 15 is 0 Å². The molecule has 0 aliphatic carbocycles. The second-order valence-electron chi connectivity index (χ2n) is 2.66. The summed E-state index contributed by atoms with van der Waals surface area (Å²) in [6.07, 6.45) is 1.74. The van der Waals surface area contributed by atoms with Gasteiger partial charge >= 0.3 is 0 Å². The first-order valence-corrected chi connectivity index (χ1v) is 4.98. The van der Waals surface area contributed by atoms with Crippen LogP contribution in [0.2, 0.25) is 0 Å². The van der Waals surface area contributed by atoms with Crippen molar-refractivity contribution >= 4 is 11.0 Å². The Kier molecular flexibility index (Phi) is 2.82. The van der Waals surface area contributed by atoms with Crippen molar-refractivity contribution in [1.82, 2.24) is 9.21 Å². The van der Waals surface area contributed by atoms with Gasteiger partial charge in [-0.15, -0.1) is 0 Å². The van der Waals surface area contributed by atoms with Crippen molar-refractivity contribution in [2.75, 3.05) is 39.5 Å². The molecular formula is C6H14N2OS. The topological polar surface area (TPSA) is 23.6 Å². The van der Waals surface area contributed by atoms with Gasteiger partial charge in [0.2, 0.25) is 0 Å². The van der Waals surface area contributed by atoms with Crippen molar-refractivity contribution in [2.24, 2.45) is 0 Å². The third-order valence-electron chi connectivity index (χ3n) is 1.83. The molecule has 60 valence electrons. The van der Waals surface area contributed by atoms with E-state index in [2.05, 4.69) is 11.9 Å². The highest BCUT2D eigenvalue weighted by atomic mass is 32.2. The highest BCUT2D eigenvalue weighted by molar-refractivity contribution is 7.81. The van der Waals surface area contributed by atoms with Gasteiger partial charge in [0.05, 0.1) is 11.0 Å². The fourth-order valence-corrected chi connectivity index (χ4v) is 1.72. The Morgan fingerprint density at radius 1 is 1.20 bits per heavy atom. The van der Waals surface area contributed by atoms with Crippen LogP contribution in [0.3, 0.4) is 0 Å². The largest absolute Gasteiger partial charge is 0.304 e. The molecule has 3 nitrogen and oxygen atoms in total. The molecule has 1 fully saturated rings. The lowest BCUT2D eigenvalue weighted by atomic mass is 10.4. The minimum Gasteiger partial charge on any atom is -0.304 e. The number of rotatable bonds is 1. The zero-order valence-corrected chi connectivity index (χ0v) is 7.36. The Hall–Kier alpha value is 0.0700. The van der Waals surface area contributed by atoms with Gasteiger partial charge in [-0.3, -0.25) is 0 Å². The lowest BCUT2D eigenvalue weighted by molar-refractivity contribution is 0.229. The van der Waals surface area contributed by atoms with E-state index in [1.54, 1.807) is 6.26 Å². The van der Waals surface area contributed by atoms with Gasteiger partial charge < -0.3 is 4.90 Å². The monoisotopic (exact) mass is 162 g/mol. The van der Waals surface area contributed by atoms with E-state index in [9.17, 15) is 4.21 Å². The standard InChI is InChI=1S/C6H14N2OS/c1-7-3-5-8(6-4-7)10(2)9/h3-6H2,1-2H3. The molecule has 0 radical (unpaired) electrons. The number of likely N-dealkylation sites (N-methyl/N-ethyl adjacent to an activating group) is 1. The molecule has 0 spiro atoms. The molecule has 1 aliphatic heterocycles. The average molecular weight is 162 g/mol. The van der Waals surface area contributed by atoms with Crippen molar-refractivity contribution in [1.29, 1.82) is 0 Å². The predicted octanol–water partition coefficient (Wildman–Crippen LogP) is -0.473. The SMILES string of the molecule is CN1CCN(S(C)=O)CC1. The molecule has 4 heteroatoms. The molecule has 0 amide bonds. The Morgan fingerprint density at radius 2 is 1.70 bits per heavy atom. The molecule has 0 saturated carbocycles. The van der Waals surface area contributed by atoms with Gasteiger partial charge in [0.1, 0.15) is 0 Å². The van der Waals surface area contributed by atoms with Crippen molar-refractivity contribution in [3.8, 4) is 0 Å². The van der Waals surface area contributed by atoms with Crippen LogP contribution in [0.1, 0.15) is 0 Å². The van der Waals surface area contributed by atoms with E-state index in [0.717, 1.165) is 26.2 Å². The molecule has 0 aromatic carbocycles. The molecule has 1 unspecified atom stereocenters. The highest BCUT2D eigenvalue weighted by Crippen LogP contribution is 1.99. The summed E-state index contributed by atoms with van der Waals surface area (Å²) in [5.41, 5.74) is 0. The molecule has 10 heavy (non-hydrogen) atoms. The van der Waals surface area contributed by atoms with Crippen molar-refractivity contribution < 1.29 is 4.21 Å². The van der Waals surface area contributed by atoms with Gasteiger partial charge in [-0.25, -0.2) is 8.51 Å². The third kappa shape index (κ3) is 2.04. The zero-order chi connectivity index (χ0) is 7.56. The molecule has 1 heterocycles. The maximum absolute atomic E-state index is 10.9. The first kappa shape index (κ1) is 8.17. The van der Waals surface area contributed by atoms with E-state index in [4.69, 9.17) is 0 Å². The Labute approximate surface area is 64.6 Å². The first-order valence-electron chi connectivity index (χ1n) is 3.47. The number of nitrogens with zero attached hydrogens (tertiary/aromatic N) is 2. The second kappa shape index (κ2) is 3.46. The maximum atomic E-state index is 10.9. The van der Waals surface area contributed by atoms with Gasteiger partial charge in [-0.2, -0.15) is 0 Å². The van der Waals surface area contributed by atoms with Crippen LogP contribution in [0.15, 0.2) is 0 Å². The number of hydrogen-bond acceptors (Lipinski definition) is 2. The molecule has 0 N–H and O–H groups in total. The summed E-state index contributed by atoms with van der Waals surface area (Å²) in [5, 5.41) is 0. The summed E-state index contributed by atoms with van der Waals surface area (Å²) in [6.45, 7) is 3.97. The van der Waals surface area contributed by atoms with Gasteiger partial charge in [-0.05, 0) is 7.05 Å². The molecule has 0 aromatic heterocycles. The smallest absolute Gasteiger partial charge is 0.0911 e. The van der Waals surface area contributed by atoms with Crippen LogP contribution in [0.5, 0.6) is 0 Å². The van der Waals surface area contributed by atoms with Crippen LogP contribution >= 0.6 is 0 Å². The molecule has 1 atom stereocenters. The Balaban J connectivity index is 2.33. The van der Waals surface area contributed by atoms with Crippen molar-refractivity contribution in [2.45, 2.75) is 0 Å². The van der Waals surface area contributed by atoms with Crippen LogP contribution in [-0.4, -0.2) is 52.9 Å².